The van der Waals surface area contributed by atoms with Gasteiger partial charge in [-0.2, -0.15) is 0 Å². The molecule has 2 rings (SSSR count). The number of carbonyl (C=O) groups is 1. The van der Waals surface area contributed by atoms with Crippen LogP contribution in [0.5, 0.6) is 0 Å². The minimum atomic E-state index is -0.470. The van der Waals surface area contributed by atoms with Crippen molar-refractivity contribution in [2.24, 2.45) is 11.7 Å². The topological polar surface area (TPSA) is 52.3 Å². The molecule has 0 aromatic heterocycles. The maximum Gasteiger partial charge on any atom is 0.323 e. The third-order valence-corrected chi connectivity index (χ3v) is 4.53. The van der Waals surface area contributed by atoms with Gasteiger partial charge in [0.25, 0.3) is 0 Å². The summed E-state index contributed by atoms with van der Waals surface area (Å²) in [6.45, 7) is 0.278. The van der Waals surface area contributed by atoms with Crippen LogP contribution in [0, 0.1) is 5.92 Å². The third kappa shape index (κ3) is 4.05. The van der Waals surface area contributed by atoms with Crippen molar-refractivity contribution in [2.75, 3.05) is 0 Å². The molecule has 1 atom stereocenters. The Kier molecular flexibility index (Phi) is 5.40. The fraction of sp³-hybridized carbons (Fsp3) is 0.533. The van der Waals surface area contributed by atoms with Crippen LogP contribution in [0.1, 0.15) is 37.7 Å². The Hall–Kier alpha value is -0.870. The van der Waals surface area contributed by atoms with Crippen LogP contribution in [0.25, 0.3) is 0 Å². The summed E-state index contributed by atoms with van der Waals surface area (Å²) in [5.41, 5.74) is 6.97. The highest BCUT2D eigenvalue weighted by molar-refractivity contribution is 9.10. The molecule has 0 amide bonds. The number of rotatable bonds is 4. The normalized spacial score (nSPS) is 18.0. The molecule has 19 heavy (non-hydrogen) atoms. The monoisotopic (exact) mass is 325 g/mol. The first-order valence-electron chi connectivity index (χ1n) is 6.84. The molecule has 3 nitrogen and oxygen atoms in total. The number of esters is 1. The van der Waals surface area contributed by atoms with Crippen molar-refractivity contribution in [3.8, 4) is 0 Å². The van der Waals surface area contributed by atoms with E-state index in [0.717, 1.165) is 22.9 Å². The number of carbonyl (C=O) groups excluding carboxylic acids is 1. The number of hydrogen-bond acceptors (Lipinski definition) is 3. The SMILES string of the molecule is NC(C(=O)OCc1ccccc1Br)C1CCCCC1. The molecule has 1 aliphatic carbocycles. The van der Waals surface area contributed by atoms with Crippen LogP contribution in [-0.2, 0) is 16.1 Å². The molecule has 0 aliphatic heterocycles. The molecule has 1 aromatic rings. The molecule has 0 saturated heterocycles. The van der Waals surface area contributed by atoms with Gasteiger partial charge in [0, 0.05) is 10.0 Å². The minimum absolute atomic E-state index is 0.275. The average Bonchev–Trinajstić information content (AvgIpc) is 2.46. The zero-order valence-electron chi connectivity index (χ0n) is 11.0. The molecule has 1 saturated carbocycles. The minimum Gasteiger partial charge on any atom is -0.460 e. The van der Waals surface area contributed by atoms with E-state index in [4.69, 9.17) is 10.5 Å². The third-order valence-electron chi connectivity index (χ3n) is 3.76. The molecule has 0 spiro atoms. The Balaban J connectivity index is 1.85. The number of hydrogen-bond donors (Lipinski definition) is 1. The van der Waals surface area contributed by atoms with Gasteiger partial charge in [0.15, 0.2) is 0 Å². The highest BCUT2D eigenvalue weighted by atomic mass is 79.9. The van der Waals surface area contributed by atoms with Crippen molar-refractivity contribution in [2.45, 2.75) is 44.8 Å². The lowest BCUT2D eigenvalue weighted by Crippen LogP contribution is -2.40. The molecule has 0 heterocycles. The summed E-state index contributed by atoms with van der Waals surface area (Å²) in [6.07, 6.45) is 5.71. The van der Waals surface area contributed by atoms with E-state index >= 15 is 0 Å². The van der Waals surface area contributed by atoms with E-state index in [1.165, 1.54) is 19.3 Å². The van der Waals surface area contributed by atoms with Crippen LogP contribution in [0.3, 0.4) is 0 Å². The van der Waals surface area contributed by atoms with Crippen molar-refractivity contribution >= 4 is 21.9 Å². The highest BCUT2D eigenvalue weighted by Gasteiger charge is 2.27. The van der Waals surface area contributed by atoms with Gasteiger partial charge < -0.3 is 10.5 Å². The second kappa shape index (κ2) is 7.06. The molecule has 4 heteroatoms. The Bertz CT molecular complexity index is 430. The fourth-order valence-electron chi connectivity index (χ4n) is 2.55. The zero-order valence-corrected chi connectivity index (χ0v) is 12.6. The summed E-state index contributed by atoms with van der Waals surface area (Å²) in [7, 11) is 0. The van der Waals surface area contributed by atoms with Gasteiger partial charge in [0.1, 0.15) is 12.6 Å². The van der Waals surface area contributed by atoms with Crippen LogP contribution in [0.2, 0.25) is 0 Å². The lowest BCUT2D eigenvalue weighted by Gasteiger charge is -2.26. The first-order chi connectivity index (χ1) is 9.18. The van der Waals surface area contributed by atoms with Crippen molar-refractivity contribution in [3.05, 3.63) is 34.3 Å². The second-order valence-corrected chi connectivity index (χ2v) is 5.98. The lowest BCUT2D eigenvalue weighted by molar-refractivity contribution is -0.148. The number of nitrogens with two attached hydrogens (primary N) is 1. The number of benzene rings is 1. The smallest absolute Gasteiger partial charge is 0.323 e. The van der Waals surface area contributed by atoms with E-state index < -0.39 is 6.04 Å². The zero-order chi connectivity index (χ0) is 13.7. The van der Waals surface area contributed by atoms with Gasteiger partial charge in [0.05, 0.1) is 0 Å². The second-order valence-electron chi connectivity index (χ2n) is 5.12. The van der Waals surface area contributed by atoms with Crippen LogP contribution >= 0.6 is 15.9 Å². The molecule has 1 unspecified atom stereocenters. The Labute approximate surface area is 122 Å². The summed E-state index contributed by atoms with van der Waals surface area (Å²) in [6, 6.07) is 7.26. The van der Waals surface area contributed by atoms with Crippen LogP contribution in [0.4, 0.5) is 0 Å². The van der Waals surface area contributed by atoms with Gasteiger partial charge >= 0.3 is 5.97 Å². The maximum absolute atomic E-state index is 12.0. The van der Waals surface area contributed by atoms with Crippen LogP contribution in [-0.4, -0.2) is 12.0 Å². The van der Waals surface area contributed by atoms with Crippen LogP contribution in [0.15, 0.2) is 28.7 Å². The van der Waals surface area contributed by atoms with E-state index in [2.05, 4.69) is 15.9 Å². The van der Waals surface area contributed by atoms with Gasteiger partial charge in [-0.1, -0.05) is 53.4 Å². The van der Waals surface area contributed by atoms with Crippen molar-refractivity contribution in [1.29, 1.82) is 0 Å². The molecular formula is C15H20BrNO2. The first kappa shape index (κ1) is 14.5. The van der Waals surface area contributed by atoms with Crippen LogP contribution < -0.4 is 5.73 Å². The van der Waals surface area contributed by atoms with Crippen molar-refractivity contribution in [1.82, 2.24) is 0 Å². The molecule has 1 fully saturated rings. The molecule has 1 aliphatic rings. The Morgan fingerprint density at radius 2 is 2.00 bits per heavy atom. The van der Waals surface area contributed by atoms with Crippen molar-refractivity contribution in [3.63, 3.8) is 0 Å². The summed E-state index contributed by atoms with van der Waals surface area (Å²) >= 11 is 3.44. The van der Waals surface area contributed by atoms with E-state index in [9.17, 15) is 4.79 Å². The van der Waals surface area contributed by atoms with E-state index in [1.54, 1.807) is 0 Å². The molecule has 2 N–H and O–H groups in total. The molecule has 0 bridgehead atoms. The van der Waals surface area contributed by atoms with E-state index in [0.29, 0.717) is 5.92 Å². The number of halogens is 1. The summed E-state index contributed by atoms with van der Waals surface area (Å²) in [5, 5.41) is 0. The summed E-state index contributed by atoms with van der Waals surface area (Å²) in [5.74, 6) is 0.0168. The Morgan fingerprint density at radius 1 is 1.32 bits per heavy atom. The largest absolute Gasteiger partial charge is 0.460 e. The van der Waals surface area contributed by atoms with E-state index in [-0.39, 0.29) is 12.6 Å². The molecule has 0 radical (unpaired) electrons. The first-order valence-corrected chi connectivity index (χ1v) is 7.63. The fourth-order valence-corrected chi connectivity index (χ4v) is 2.95. The lowest BCUT2D eigenvalue weighted by atomic mass is 9.84. The number of ether oxygens (including phenoxy) is 1. The average molecular weight is 326 g/mol. The highest BCUT2D eigenvalue weighted by Crippen LogP contribution is 2.26. The van der Waals surface area contributed by atoms with E-state index in [1.807, 2.05) is 24.3 Å². The van der Waals surface area contributed by atoms with Gasteiger partial charge in [0.2, 0.25) is 0 Å². The maximum atomic E-state index is 12.0. The Morgan fingerprint density at radius 3 is 2.68 bits per heavy atom. The van der Waals surface area contributed by atoms with Crippen molar-refractivity contribution < 1.29 is 9.53 Å². The van der Waals surface area contributed by atoms with Gasteiger partial charge in [-0.05, 0) is 24.8 Å². The standard InChI is InChI=1S/C15H20BrNO2/c16-13-9-5-4-8-12(13)10-19-15(18)14(17)11-6-2-1-3-7-11/h4-5,8-9,11,14H,1-3,6-7,10,17H2. The predicted molar refractivity (Wildman–Crippen MR) is 78.5 cm³/mol. The summed E-state index contributed by atoms with van der Waals surface area (Å²) in [4.78, 5) is 12.0. The molecular weight excluding hydrogens is 306 g/mol. The molecule has 104 valence electrons. The predicted octanol–water partition coefficient (Wildman–Crippen LogP) is 3.40. The quantitative estimate of drug-likeness (QED) is 0.863. The van der Waals surface area contributed by atoms with Gasteiger partial charge in [-0.15, -0.1) is 0 Å². The molecule has 1 aromatic carbocycles. The van der Waals surface area contributed by atoms with Gasteiger partial charge in [-0.3, -0.25) is 4.79 Å². The summed E-state index contributed by atoms with van der Waals surface area (Å²) < 4.78 is 6.28. The van der Waals surface area contributed by atoms with Gasteiger partial charge in [-0.25, -0.2) is 0 Å².